The third kappa shape index (κ3) is 5.21. The predicted molar refractivity (Wildman–Crippen MR) is 111 cm³/mol. The fraction of sp³-hybridized carbons (Fsp3) is 0.286. The van der Waals surface area contributed by atoms with Gasteiger partial charge in [-0.25, -0.2) is 9.18 Å². The van der Waals surface area contributed by atoms with Gasteiger partial charge in [-0.2, -0.15) is 0 Å². The third-order valence-corrected chi connectivity index (χ3v) is 5.34. The monoisotopic (exact) mass is 414 g/mol. The van der Waals surface area contributed by atoms with Crippen LogP contribution in [0.4, 0.5) is 4.39 Å². The number of halogens is 1. The molecule has 1 aromatic heterocycles. The van der Waals surface area contributed by atoms with E-state index in [1.807, 2.05) is 36.6 Å². The molecule has 0 amide bonds. The van der Waals surface area contributed by atoms with E-state index in [0.717, 1.165) is 11.5 Å². The van der Waals surface area contributed by atoms with Gasteiger partial charge in [-0.15, -0.1) is 10.2 Å². The Morgan fingerprint density at radius 2 is 1.83 bits per heavy atom. The van der Waals surface area contributed by atoms with Gasteiger partial charge in [-0.1, -0.05) is 30.0 Å². The molecule has 8 heteroatoms. The Bertz CT molecular complexity index is 945. The number of ether oxygens (including phenoxy) is 1. The smallest absolute Gasteiger partial charge is 0.338 e. The van der Waals surface area contributed by atoms with E-state index < -0.39 is 0 Å². The van der Waals surface area contributed by atoms with Gasteiger partial charge in [-0.05, 0) is 57.4 Å². The highest BCUT2D eigenvalue weighted by atomic mass is 32.2. The fourth-order valence-corrected chi connectivity index (χ4v) is 3.41. The van der Waals surface area contributed by atoms with Crippen molar-refractivity contribution in [2.75, 3.05) is 26.5 Å². The summed E-state index contributed by atoms with van der Waals surface area (Å²) in [6.07, 6.45) is 0. The lowest BCUT2D eigenvalue weighted by atomic mass is 10.2. The van der Waals surface area contributed by atoms with E-state index >= 15 is 0 Å². The summed E-state index contributed by atoms with van der Waals surface area (Å²) in [7, 11) is 3.92. The number of esters is 1. The van der Waals surface area contributed by atoms with E-state index in [4.69, 9.17) is 4.74 Å². The van der Waals surface area contributed by atoms with Crippen LogP contribution in [0.15, 0.2) is 59.8 Å². The summed E-state index contributed by atoms with van der Waals surface area (Å²) in [5, 5.41) is 9.32. The van der Waals surface area contributed by atoms with Crippen LogP contribution < -0.4 is 0 Å². The molecule has 1 heterocycles. The largest absolute Gasteiger partial charge is 0.461 e. The maximum Gasteiger partial charge on any atom is 0.338 e. The number of benzene rings is 2. The van der Waals surface area contributed by atoms with Gasteiger partial charge < -0.3 is 4.74 Å². The first kappa shape index (κ1) is 21.0. The molecule has 3 aromatic rings. The Labute approximate surface area is 173 Å². The Hall–Kier alpha value is -2.71. The molecule has 0 bridgehead atoms. The van der Waals surface area contributed by atoms with Crippen LogP contribution in [0.5, 0.6) is 0 Å². The second kappa shape index (κ2) is 9.67. The Balaban J connectivity index is 1.72. The topological polar surface area (TPSA) is 60.3 Å². The first-order valence-electron chi connectivity index (χ1n) is 9.20. The van der Waals surface area contributed by atoms with Crippen molar-refractivity contribution in [3.8, 4) is 5.69 Å². The van der Waals surface area contributed by atoms with E-state index in [1.54, 1.807) is 36.4 Å². The molecule has 0 radical (unpaired) electrons. The van der Waals surface area contributed by atoms with Crippen LogP contribution >= 0.6 is 11.8 Å². The summed E-state index contributed by atoms with van der Waals surface area (Å²) in [6.45, 7) is 2.27. The van der Waals surface area contributed by atoms with Gasteiger partial charge in [0, 0.05) is 11.4 Å². The van der Waals surface area contributed by atoms with Crippen LogP contribution in [0, 0.1) is 5.82 Å². The Kier molecular flexibility index (Phi) is 7.00. The molecule has 0 saturated carbocycles. The molecule has 0 aliphatic carbocycles. The van der Waals surface area contributed by atoms with Gasteiger partial charge in [0.2, 0.25) is 0 Å². The zero-order valence-electron chi connectivity index (χ0n) is 16.6. The normalized spacial score (nSPS) is 12.2. The number of carbonyl (C=O) groups excluding carboxylic acids is 1. The number of thioether (sulfide) groups is 1. The summed E-state index contributed by atoms with van der Waals surface area (Å²) in [4.78, 5) is 14.1. The number of rotatable bonds is 8. The van der Waals surface area contributed by atoms with E-state index in [2.05, 4.69) is 10.2 Å². The van der Waals surface area contributed by atoms with Gasteiger partial charge in [-0.3, -0.25) is 9.47 Å². The first-order chi connectivity index (χ1) is 14.0. The minimum absolute atomic E-state index is 0.0119. The zero-order chi connectivity index (χ0) is 20.8. The van der Waals surface area contributed by atoms with Crippen molar-refractivity contribution in [2.45, 2.75) is 18.1 Å². The number of hydrogen-bond acceptors (Lipinski definition) is 6. The van der Waals surface area contributed by atoms with Gasteiger partial charge >= 0.3 is 5.97 Å². The van der Waals surface area contributed by atoms with Crippen molar-refractivity contribution in [2.24, 2.45) is 0 Å². The highest BCUT2D eigenvalue weighted by Gasteiger charge is 2.21. The van der Waals surface area contributed by atoms with Crippen LogP contribution in [-0.2, 0) is 4.74 Å². The maximum atomic E-state index is 13.4. The first-order valence-corrected chi connectivity index (χ1v) is 10.2. The van der Waals surface area contributed by atoms with Crippen LogP contribution in [0.25, 0.3) is 5.69 Å². The van der Waals surface area contributed by atoms with Crippen molar-refractivity contribution in [1.29, 1.82) is 0 Å². The van der Waals surface area contributed by atoms with Crippen LogP contribution in [0.3, 0.4) is 0 Å². The molecule has 0 fully saturated rings. The van der Waals surface area contributed by atoms with E-state index in [9.17, 15) is 9.18 Å². The van der Waals surface area contributed by atoms with E-state index in [1.165, 1.54) is 23.9 Å². The fourth-order valence-electron chi connectivity index (χ4n) is 2.63. The molecule has 2 aromatic carbocycles. The molecule has 0 unspecified atom stereocenters. The number of hydrogen-bond donors (Lipinski definition) is 0. The number of aromatic nitrogens is 3. The molecule has 3 rings (SSSR count). The van der Waals surface area contributed by atoms with Crippen LogP contribution in [0.2, 0.25) is 0 Å². The zero-order valence-corrected chi connectivity index (χ0v) is 17.4. The summed E-state index contributed by atoms with van der Waals surface area (Å²) in [5.74, 6) is 0.624. The van der Waals surface area contributed by atoms with Crippen LogP contribution in [-0.4, -0.2) is 52.1 Å². The SMILES string of the molecule is C[C@@H](c1nnc(SCCOC(=O)c2ccccc2)n1-c1ccc(F)cc1)N(C)C. The Morgan fingerprint density at radius 3 is 2.48 bits per heavy atom. The lowest BCUT2D eigenvalue weighted by molar-refractivity contribution is 0.0530. The molecule has 152 valence electrons. The number of nitrogens with zero attached hydrogens (tertiary/aromatic N) is 4. The Morgan fingerprint density at radius 1 is 1.14 bits per heavy atom. The molecule has 0 aliphatic heterocycles. The molecule has 29 heavy (non-hydrogen) atoms. The highest BCUT2D eigenvalue weighted by Crippen LogP contribution is 2.26. The van der Waals surface area contributed by atoms with Crippen molar-refractivity contribution in [3.05, 3.63) is 71.8 Å². The molecule has 6 nitrogen and oxygen atoms in total. The quantitative estimate of drug-likeness (QED) is 0.316. The van der Waals surface area contributed by atoms with E-state index in [-0.39, 0.29) is 24.4 Å². The second-order valence-electron chi connectivity index (χ2n) is 6.64. The molecule has 0 aliphatic rings. The lowest BCUT2D eigenvalue weighted by Crippen LogP contribution is -2.20. The number of carbonyl (C=O) groups is 1. The minimum atomic E-state index is -0.354. The van der Waals surface area contributed by atoms with E-state index in [0.29, 0.717) is 16.5 Å². The standard InChI is InChI=1S/C21H23FN4O2S/c1-15(25(2)3)19-23-24-21(26(19)18-11-9-17(22)10-12-18)29-14-13-28-20(27)16-7-5-4-6-8-16/h4-12,15H,13-14H2,1-3H3/t15-/m0/s1. The lowest BCUT2D eigenvalue weighted by Gasteiger charge is -2.20. The average Bonchev–Trinajstić information content (AvgIpc) is 3.15. The maximum absolute atomic E-state index is 13.4. The van der Waals surface area contributed by atoms with Gasteiger partial charge in [0.05, 0.1) is 11.6 Å². The van der Waals surface area contributed by atoms with Crippen molar-refractivity contribution in [1.82, 2.24) is 19.7 Å². The van der Waals surface area contributed by atoms with Crippen molar-refractivity contribution < 1.29 is 13.9 Å². The molecule has 0 N–H and O–H groups in total. The molecule has 1 atom stereocenters. The molecule has 0 saturated heterocycles. The van der Waals surface area contributed by atoms with Crippen molar-refractivity contribution in [3.63, 3.8) is 0 Å². The van der Waals surface area contributed by atoms with Gasteiger partial charge in [0.25, 0.3) is 0 Å². The summed E-state index contributed by atoms with van der Waals surface area (Å²) >= 11 is 1.43. The summed E-state index contributed by atoms with van der Waals surface area (Å²) in [6, 6.07) is 15.1. The van der Waals surface area contributed by atoms with Gasteiger partial charge in [0.1, 0.15) is 12.4 Å². The third-order valence-electron chi connectivity index (χ3n) is 4.45. The second-order valence-corrected chi connectivity index (χ2v) is 7.70. The molecule has 0 spiro atoms. The molecular weight excluding hydrogens is 391 g/mol. The summed E-state index contributed by atoms with van der Waals surface area (Å²) < 4.78 is 20.6. The van der Waals surface area contributed by atoms with Crippen molar-refractivity contribution >= 4 is 17.7 Å². The van der Waals surface area contributed by atoms with Gasteiger partial charge in [0.15, 0.2) is 11.0 Å². The van der Waals surface area contributed by atoms with Crippen LogP contribution in [0.1, 0.15) is 29.1 Å². The average molecular weight is 415 g/mol. The highest BCUT2D eigenvalue weighted by molar-refractivity contribution is 7.99. The molecular formula is C21H23FN4O2S. The summed E-state index contributed by atoms with van der Waals surface area (Å²) in [5.41, 5.74) is 1.30. The minimum Gasteiger partial charge on any atom is -0.461 e. The predicted octanol–water partition coefficient (Wildman–Crippen LogP) is 3.98.